The summed E-state index contributed by atoms with van der Waals surface area (Å²) in [5.41, 5.74) is 10.5. The SMILES string of the molecule is CCN1NC(C)C=C1C(=O)OCCOc1cc(C(N)=O)cc2nc(NC(=O)c3cc(C)nn3CC)n(C/C=C/CNC(=O)OC(C)(C)C)c12. The molecule has 3 heterocycles. The number of rotatable bonds is 14. The van der Waals surface area contributed by atoms with Gasteiger partial charge in [-0.1, -0.05) is 12.2 Å². The van der Waals surface area contributed by atoms with Gasteiger partial charge in [0.15, 0.2) is 0 Å². The Hall–Kier alpha value is -5.38. The Morgan fingerprint density at radius 2 is 1.84 bits per heavy atom. The van der Waals surface area contributed by atoms with E-state index in [1.54, 1.807) is 66.2 Å². The number of carbonyl (C=O) groups is 4. The number of esters is 1. The van der Waals surface area contributed by atoms with E-state index in [9.17, 15) is 19.2 Å². The zero-order valence-electron chi connectivity index (χ0n) is 29.0. The van der Waals surface area contributed by atoms with E-state index in [0.29, 0.717) is 41.2 Å². The summed E-state index contributed by atoms with van der Waals surface area (Å²) in [6, 6.07) is 4.65. The van der Waals surface area contributed by atoms with E-state index < -0.39 is 29.5 Å². The number of carbonyl (C=O) groups excluding carboxylic acids is 4. The number of nitrogens with one attached hydrogen (secondary N) is 3. The van der Waals surface area contributed by atoms with Gasteiger partial charge < -0.3 is 34.8 Å². The molecule has 49 heavy (non-hydrogen) atoms. The lowest BCUT2D eigenvalue weighted by molar-refractivity contribution is -0.141. The van der Waals surface area contributed by atoms with Gasteiger partial charge in [0.05, 0.1) is 11.2 Å². The monoisotopic (exact) mass is 679 g/mol. The number of anilines is 1. The van der Waals surface area contributed by atoms with Crippen molar-refractivity contribution in [1.82, 2.24) is 35.1 Å². The minimum atomic E-state index is -0.705. The first-order valence-corrected chi connectivity index (χ1v) is 16.1. The van der Waals surface area contributed by atoms with Gasteiger partial charge in [0.1, 0.15) is 41.5 Å². The first-order chi connectivity index (χ1) is 23.2. The summed E-state index contributed by atoms with van der Waals surface area (Å²) < 4.78 is 20.1. The Morgan fingerprint density at radius 1 is 1.08 bits per heavy atom. The van der Waals surface area contributed by atoms with Gasteiger partial charge in [-0.25, -0.2) is 20.0 Å². The lowest BCUT2D eigenvalue weighted by Crippen LogP contribution is -2.37. The lowest BCUT2D eigenvalue weighted by Gasteiger charge is -2.20. The van der Waals surface area contributed by atoms with Crippen molar-refractivity contribution in [2.24, 2.45) is 5.73 Å². The van der Waals surface area contributed by atoms with E-state index in [1.807, 2.05) is 20.8 Å². The second-order valence-electron chi connectivity index (χ2n) is 12.2. The third-order valence-electron chi connectivity index (χ3n) is 7.13. The van der Waals surface area contributed by atoms with Crippen LogP contribution in [0, 0.1) is 6.92 Å². The summed E-state index contributed by atoms with van der Waals surface area (Å²) in [5, 5.41) is 11.6. The number of amides is 3. The Kier molecular flexibility index (Phi) is 11.7. The Balaban J connectivity index is 1.61. The maximum Gasteiger partial charge on any atom is 0.407 e. The fourth-order valence-corrected chi connectivity index (χ4v) is 5.09. The molecule has 0 spiro atoms. The van der Waals surface area contributed by atoms with E-state index in [-0.39, 0.29) is 49.6 Å². The molecular formula is C33H45N9O7. The zero-order chi connectivity index (χ0) is 35.9. The number of aromatic nitrogens is 4. The van der Waals surface area contributed by atoms with E-state index in [0.717, 1.165) is 0 Å². The molecule has 0 saturated heterocycles. The molecule has 3 aromatic rings. The highest BCUT2D eigenvalue weighted by molar-refractivity contribution is 6.04. The molecule has 1 aliphatic rings. The molecule has 0 aliphatic carbocycles. The number of imidazole rings is 1. The molecule has 0 radical (unpaired) electrons. The second-order valence-corrected chi connectivity index (χ2v) is 12.2. The van der Waals surface area contributed by atoms with Crippen LogP contribution in [-0.2, 0) is 27.4 Å². The predicted octanol–water partition coefficient (Wildman–Crippen LogP) is 3.03. The summed E-state index contributed by atoms with van der Waals surface area (Å²) in [6.45, 7) is 14.1. The van der Waals surface area contributed by atoms with Crippen molar-refractivity contribution in [1.29, 1.82) is 0 Å². The zero-order valence-corrected chi connectivity index (χ0v) is 29.0. The predicted molar refractivity (Wildman–Crippen MR) is 182 cm³/mol. The molecule has 264 valence electrons. The van der Waals surface area contributed by atoms with Gasteiger partial charge in [0, 0.05) is 37.8 Å². The average molecular weight is 680 g/mol. The molecule has 0 saturated carbocycles. The topological polar surface area (TPSA) is 197 Å². The van der Waals surface area contributed by atoms with Gasteiger partial charge in [-0.2, -0.15) is 5.10 Å². The fraction of sp³-hybridized carbons (Fsp3) is 0.455. The van der Waals surface area contributed by atoms with Crippen LogP contribution in [0.15, 0.2) is 42.1 Å². The first kappa shape index (κ1) is 36.5. The summed E-state index contributed by atoms with van der Waals surface area (Å²) in [4.78, 5) is 55.2. The first-order valence-electron chi connectivity index (χ1n) is 16.1. The maximum atomic E-state index is 13.4. The van der Waals surface area contributed by atoms with Gasteiger partial charge in [-0.05, 0) is 72.7 Å². The molecule has 4 rings (SSSR count). The highest BCUT2D eigenvalue weighted by atomic mass is 16.6. The van der Waals surface area contributed by atoms with Crippen LogP contribution in [0.3, 0.4) is 0 Å². The molecule has 0 bridgehead atoms. The molecule has 3 amide bonds. The van der Waals surface area contributed by atoms with Crippen LogP contribution in [0.4, 0.5) is 10.7 Å². The van der Waals surface area contributed by atoms with Crippen molar-refractivity contribution >= 4 is 40.9 Å². The molecule has 16 nitrogen and oxygen atoms in total. The highest BCUT2D eigenvalue weighted by Gasteiger charge is 2.26. The summed E-state index contributed by atoms with van der Waals surface area (Å²) >= 11 is 0. The van der Waals surface area contributed by atoms with Crippen molar-refractivity contribution in [2.75, 3.05) is 31.6 Å². The number of benzene rings is 1. The van der Waals surface area contributed by atoms with Crippen LogP contribution in [0.25, 0.3) is 11.0 Å². The number of fused-ring (bicyclic) bond motifs is 1. The summed E-state index contributed by atoms with van der Waals surface area (Å²) in [7, 11) is 0. The quantitative estimate of drug-likeness (QED) is 0.111. The number of hydrogen-bond donors (Lipinski definition) is 4. The molecule has 1 atom stereocenters. The van der Waals surface area contributed by atoms with Crippen molar-refractivity contribution in [3.63, 3.8) is 0 Å². The molecule has 0 fully saturated rings. The van der Waals surface area contributed by atoms with Crippen LogP contribution < -0.4 is 26.5 Å². The number of nitrogens with zero attached hydrogens (tertiary/aromatic N) is 5. The van der Waals surface area contributed by atoms with Crippen LogP contribution in [0.2, 0.25) is 0 Å². The van der Waals surface area contributed by atoms with E-state index >= 15 is 0 Å². The molecule has 5 N–H and O–H groups in total. The van der Waals surface area contributed by atoms with Crippen molar-refractivity contribution in [3.8, 4) is 5.75 Å². The second kappa shape index (κ2) is 15.7. The Labute approximate surface area is 284 Å². The number of hydrogen-bond acceptors (Lipinski definition) is 11. The van der Waals surface area contributed by atoms with E-state index in [1.165, 1.54) is 12.1 Å². The number of ether oxygens (including phenoxy) is 3. The van der Waals surface area contributed by atoms with Crippen LogP contribution in [0.5, 0.6) is 5.75 Å². The lowest BCUT2D eigenvalue weighted by atomic mass is 10.1. The number of hydrazine groups is 1. The normalized spacial score (nSPS) is 14.6. The van der Waals surface area contributed by atoms with Gasteiger partial charge >= 0.3 is 12.1 Å². The number of likely N-dealkylation sites (N-methyl/N-ethyl adjacent to an activating group) is 1. The molecular weight excluding hydrogens is 634 g/mol. The van der Waals surface area contributed by atoms with Gasteiger partial charge in [0.25, 0.3) is 5.91 Å². The average Bonchev–Trinajstić information content (AvgIpc) is 3.71. The van der Waals surface area contributed by atoms with Crippen LogP contribution in [-0.4, -0.2) is 86.2 Å². The number of alkyl carbamates (subject to hydrolysis) is 1. The minimum Gasteiger partial charge on any atom is -0.488 e. The molecule has 1 aliphatic heterocycles. The third-order valence-corrected chi connectivity index (χ3v) is 7.13. The van der Waals surface area contributed by atoms with Gasteiger partial charge in [0.2, 0.25) is 11.9 Å². The van der Waals surface area contributed by atoms with E-state index in [4.69, 9.17) is 19.9 Å². The summed E-state index contributed by atoms with van der Waals surface area (Å²) in [5.74, 6) is -1.25. The fourth-order valence-electron chi connectivity index (χ4n) is 5.09. The molecule has 16 heteroatoms. The number of allylic oxidation sites excluding steroid dienone is 1. The minimum absolute atomic E-state index is 0.00718. The van der Waals surface area contributed by atoms with Crippen molar-refractivity contribution in [3.05, 3.63) is 59.1 Å². The van der Waals surface area contributed by atoms with Crippen LogP contribution in [0.1, 0.15) is 68.1 Å². The summed E-state index contributed by atoms with van der Waals surface area (Å²) in [6.07, 6.45) is 4.72. The Bertz CT molecular complexity index is 1770. The molecule has 1 unspecified atom stereocenters. The van der Waals surface area contributed by atoms with Crippen LogP contribution >= 0.6 is 0 Å². The van der Waals surface area contributed by atoms with Gasteiger partial charge in [-0.3, -0.25) is 19.6 Å². The smallest absolute Gasteiger partial charge is 0.407 e. The van der Waals surface area contributed by atoms with Crippen molar-refractivity contribution < 1.29 is 33.4 Å². The number of nitrogens with two attached hydrogens (primary N) is 1. The highest BCUT2D eigenvalue weighted by Crippen LogP contribution is 2.31. The van der Waals surface area contributed by atoms with E-state index in [2.05, 4.69) is 26.1 Å². The third kappa shape index (κ3) is 9.37. The maximum absolute atomic E-state index is 13.4. The van der Waals surface area contributed by atoms with Gasteiger partial charge in [-0.15, -0.1) is 0 Å². The largest absolute Gasteiger partial charge is 0.488 e. The molecule has 1 aromatic carbocycles. The standard InChI is InChI=1S/C33H45N9O7/c1-8-41-24(16-20(3)38-41)29(44)37-31-36-23-18-22(28(34)43)19-26(47-14-15-48-30(45)25-17-21(4)39-42(25)9-2)27(23)40(31)13-11-10-12-35-32(46)49-33(5,6)7/h10-11,16-19,21,39H,8-9,12-15H2,1-7H3,(H2,34,43)(H,35,46)(H,36,37,44)/b11-10+. The van der Waals surface area contributed by atoms with Crippen molar-refractivity contribution in [2.45, 2.75) is 73.2 Å². The number of aryl methyl sites for hydroxylation is 2. The molecule has 2 aromatic heterocycles. The Morgan fingerprint density at radius 3 is 2.51 bits per heavy atom. The number of primary amides is 1.